The highest BCUT2D eigenvalue weighted by atomic mass is 14.7. The van der Waals surface area contributed by atoms with E-state index < -0.39 is 0 Å². The van der Waals surface area contributed by atoms with E-state index in [2.05, 4.69) is 267 Å². The molecule has 2 heterocycles. The quantitative estimate of drug-likeness (QED) is 0.155. The van der Waals surface area contributed by atoms with Gasteiger partial charge in [-0.3, -0.25) is 0 Å². The number of pyridine rings is 2. The van der Waals surface area contributed by atoms with E-state index in [4.69, 9.17) is 9.97 Å². The summed E-state index contributed by atoms with van der Waals surface area (Å²) in [4.78, 5) is 11.0. The number of hydrogen-bond donors (Lipinski definition) is 0. The van der Waals surface area contributed by atoms with E-state index in [0.29, 0.717) is 0 Å². The second-order valence-corrected chi connectivity index (χ2v) is 19.6. The molecule has 0 unspecified atom stereocenters. The summed E-state index contributed by atoms with van der Waals surface area (Å²) in [5.41, 5.74) is 13.9. The average Bonchev–Trinajstić information content (AvgIpc) is 3.50. The van der Waals surface area contributed by atoms with Crippen molar-refractivity contribution in [1.82, 2.24) is 9.97 Å². The molecule has 0 saturated carbocycles. The third kappa shape index (κ3) is 6.80. The minimum Gasteiger partial charge on any atom is -0.248 e. The number of fused-ring (bicyclic) bond motifs is 15. The zero-order valence-electron chi connectivity index (χ0n) is 40.3. The number of aromatic nitrogens is 2. The molecule has 0 aliphatic rings. The molecule has 0 amide bonds. The predicted octanol–water partition coefficient (Wildman–Crippen LogP) is 19.7. The molecule has 0 N–H and O–H groups in total. The van der Waals surface area contributed by atoms with Crippen LogP contribution in [0, 0.1) is 0 Å². The molecule has 0 radical (unpaired) electrons. The van der Waals surface area contributed by atoms with E-state index >= 15 is 0 Å². The van der Waals surface area contributed by atoms with Crippen LogP contribution < -0.4 is 0 Å². The molecule has 15 rings (SSSR count). The fourth-order valence-corrected chi connectivity index (χ4v) is 11.9. The molecule has 0 spiro atoms. The van der Waals surface area contributed by atoms with Gasteiger partial charge in [-0.2, -0.15) is 0 Å². The lowest BCUT2D eigenvalue weighted by Gasteiger charge is -2.17. The third-order valence-electron chi connectivity index (χ3n) is 15.4. The Hall–Kier alpha value is -9.76. The lowest BCUT2D eigenvalue weighted by molar-refractivity contribution is 1.32. The van der Waals surface area contributed by atoms with E-state index in [1.807, 2.05) is 0 Å². The van der Waals surface area contributed by atoms with Gasteiger partial charge in [0.25, 0.3) is 0 Å². The van der Waals surface area contributed by atoms with Crippen LogP contribution in [0.3, 0.4) is 0 Å². The molecule has 0 atom stereocenters. The monoisotopic (exact) mass is 936 g/mol. The molecule has 0 aliphatic heterocycles. The second-order valence-electron chi connectivity index (χ2n) is 19.6. The van der Waals surface area contributed by atoms with Crippen LogP contribution in [-0.4, -0.2) is 9.97 Å². The summed E-state index contributed by atoms with van der Waals surface area (Å²) in [6, 6.07) is 97.3. The van der Waals surface area contributed by atoms with Crippen LogP contribution in [0.5, 0.6) is 0 Å². The van der Waals surface area contributed by atoms with Crippen molar-refractivity contribution in [3.63, 3.8) is 0 Å². The first kappa shape index (κ1) is 42.0. The first-order chi connectivity index (χ1) is 36.7. The Bertz CT molecular complexity index is 4620. The Labute approximate surface area is 428 Å². The molecule has 0 fully saturated rings. The number of benzene rings is 13. The standard InChI is InChI=1S/C72H44N2/c1-3-17-45(18-4-1)51-41-69(47-19-5-2-6-20-47)73-70(42-51)48-33-31-46(32-34-48)65-44-71(50-36-38-62-57-26-10-8-22-53(57)55-24-12-14-28-59(55)67(62)40-50)74-72-63-30-16-15-29-60(63)64(43-68(65)72)49-35-37-61-56-25-9-7-21-52(56)54-23-11-13-27-58(54)66(61)39-49/h1-44H. The van der Waals surface area contributed by atoms with E-state index in [1.165, 1.54) is 81.1 Å². The van der Waals surface area contributed by atoms with Crippen molar-refractivity contribution in [2.45, 2.75) is 0 Å². The third-order valence-corrected chi connectivity index (χ3v) is 15.4. The minimum absolute atomic E-state index is 0.929. The number of rotatable bonds is 6. The summed E-state index contributed by atoms with van der Waals surface area (Å²) >= 11 is 0. The zero-order chi connectivity index (χ0) is 48.7. The maximum absolute atomic E-state index is 5.70. The van der Waals surface area contributed by atoms with Gasteiger partial charge in [-0.15, -0.1) is 0 Å². The van der Waals surface area contributed by atoms with Gasteiger partial charge in [0.1, 0.15) is 0 Å². The van der Waals surface area contributed by atoms with E-state index in [-0.39, 0.29) is 0 Å². The fourth-order valence-electron chi connectivity index (χ4n) is 11.9. The Kier molecular flexibility index (Phi) is 9.61. The first-order valence-electron chi connectivity index (χ1n) is 25.5. The van der Waals surface area contributed by atoms with Gasteiger partial charge in [-0.05, 0) is 140 Å². The number of nitrogens with zero attached hydrogens (tertiary/aromatic N) is 2. The highest BCUT2D eigenvalue weighted by Crippen LogP contribution is 2.44. The van der Waals surface area contributed by atoms with Gasteiger partial charge < -0.3 is 0 Å². The van der Waals surface area contributed by atoms with Gasteiger partial charge in [0, 0.05) is 27.5 Å². The normalized spacial score (nSPS) is 11.8. The summed E-state index contributed by atoms with van der Waals surface area (Å²) in [6.07, 6.45) is 0. The largest absolute Gasteiger partial charge is 0.248 e. The zero-order valence-corrected chi connectivity index (χ0v) is 40.3. The average molecular weight is 937 g/mol. The molecule has 342 valence electrons. The Morgan fingerprint density at radius 3 is 1.04 bits per heavy atom. The van der Waals surface area contributed by atoms with Crippen molar-refractivity contribution < 1.29 is 0 Å². The lowest BCUT2D eigenvalue weighted by atomic mass is 9.88. The maximum Gasteiger partial charge on any atom is 0.0794 e. The molecule has 15 aromatic rings. The molecule has 2 aromatic heterocycles. The summed E-state index contributed by atoms with van der Waals surface area (Å²) < 4.78 is 0. The Morgan fingerprint density at radius 2 is 0.514 bits per heavy atom. The second kappa shape index (κ2) is 16.9. The Morgan fingerprint density at radius 1 is 0.162 bits per heavy atom. The number of hydrogen-bond acceptors (Lipinski definition) is 2. The molecule has 74 heavy (non-hydrogen) atoms. The maximum atomic E-state index is 5.70. The highest BCUT2D eigenvalue weighted by Gasteiger charge is 2.19. The molecule has 2 heteroatoms. The molecule has 0 bridgehead atoms. The van der Waals surface area contributed by atoms with Crippen molar-refractivity contribution in [3.8, 4) is 67.2 Å². The fraction of sp³-hybridized carbons (Fsp3) is 0. The lowest BCUT2D eigenvalue weighted by Crippen LogP contribution is -1.94. The summed E-state index contributed by atoms with van der Waals surface area (Å²) in [7, 11) is 0. The van der Waals surface area contributed by atoms with Crippen LogP contribution in [0.4, 0.5) is 0 Å². The van der Waals surface area contributed by atoms with Gasteiger partial charge in [0.05, 0.1) is 22.6 Å². The molecular formula is C72H44N2. The first-order valence-corrected chi connectivity index (χ1v) is 25.5. The smallest absolute Gasteiger partial charge is 0.0794 e. The van der Waals surface area contributed by atoms with Gasteiger partial charge in [-0.1, -0.05) is 231 Å². The summed E-state index contributed by atoms with van der Waals surface area (Å²) in [6.45, 7) is 0. The van der Waals surface area contributed by atoms with Crippen molar-refractivity contribution >= 4 is 86.3 Å². The van der Waals surface area contributed by atoms with Gasteiger partial charge >= 0.3 is 0 Å². The van der Waals surface area contributed by atoms with Crippen LogP contribution in [0.2, 0.25) is 0 Å². The van der Waals surface area contributed by atoms with Gasteiger partial charge in [0.2, 0.25) is 0 Å². The molecule has 13 aromatic carbocycles. The van der Waals surface area contributed by atoms with E-state index in [0.717, 1.165) is 72.3 Å². The van der Waals surface area contributed by atoms with Crippen molar-refractivity contribution in [3.05, 3.63) is 267 Å². The minimum atomic E-state index is 0.929. The van der Waals surface area contributed by atoms with Crippen molar-refractivity contribution in [2.24, 2.45) is 0 Å². The Balaban J connectivity index is 0.964. The molecule has 0 aliphatic carbocycles. The highest BCUT2D eigenvalue weighted by molar-refractivity contribution is 6.27. The summed E-state index contributed by atoms with van der Waals surface area (Å²) in [5, 5.41) is 18.5. The van der Waals surface area contributed by atoms with Crippen LogP contribution >= 0.6 is 0 Å². The van der Waals surface area contributed by atoms with Gasteiger partial charge in [-0.25, -0.2) is 9.97 Å². The van der Waals surface area contributed by atoms with Gasteiger partial charge in [0.15, 0.2) is 0 Å². The van der Waals surface area contributed by atoms with Crippen LogP contribution in [0.25, 0.3) is 153 Å². The van der Waals surface area contributed by atoms with Crippen LogP contribution in [0.15, 0.2) is 267 Å². The van der Waals surface area contributed by atoms with Crippen LogP contribution in [-0.2, 0) is 0 Å². The van der Waals surface area contributed by atoms with E-state index in [9.17, 15) is 0 Å². The topological polar surface area (TPSA) is 25.8 Å². The molecular weight excluding hydrogens is 893 g/mol. The summed E-state index contributed by atoms with van der Waals surface area (Å²) in [5.74, 6) is 0. The van der Waals surface area contributed by atoms with Crippen molar-refractivity contribution in [2.75, 3.05) is 0 Å². The predicted molar refractivity (Wildman–Crippen MR) is 315 cm³/mol. The van der Waals surface area contributed by atoms with Crippen LogP contribution in [0.1, 0.15) is 0 Å². The molecule has 0 saturated heterocycles. The van der Waals surface area contributed by atoms with Crippen molar-refractivity contribution in [1.29, 1.82) is 0 Å². The SMILES string of the molecule is c1ccc(-c2cc(-c3ccccc3)nc(-c3ccc(-c4cc(-c5ccc6c7ccccc7c7ccccc7c6c5)nc5c4cc(-c4ccc6c7ccccc7c7ccccc7c6c4)c4ccccc45)cc3)c2)cc1. The molecule has 2 nitrogen and oxygen atoms in total. The van der Waals surface area contributed by atoms with E-state index in [1.54, 1.807) is 0 Å².